The van der Waals surface area contributed by atoms with E-state index in [2.05, 4.69) is 161 Å². The number of aromatic nitrogens is 2. The quantitative estimate of drug-likeness (QED) is 0.179. The van der Waals surface area contributed by atoms with E-state index >= 15 is 0 Å². The van der Waals surface area contributed by atoms with Crippen molar-refractivity contribution in [3.63, 3.8) is 0 Å². The Morgan fingerprint density at radius 1 is 0.549 bits per heavy atom. The Hall–Kier alpha value is -6.65. The molecule has 1 aliphatic carbocycles. The zero-order chi connectivity index (χ0) is 33.7. The molecule has 0 amide bonds. The maximum Gasteiger partial charge on any atom is 0.227 e. The number of rotatable bonds is 6. The molecule has 0 aliphatic heterocycles. The van der Waals surface area contributed by atoms with E-state index in [1.54, 1.807) is 0 Å². The van der Waals surface area contributed by atoms with E-state index < -0.39 is 0 Å². The second-order valence-electron chi connectivity index (χ2n) is 13.2. The first kappa shape index (κ1) is 29.3. The molecule has 0 N–H and O–H groups in total. The highest BCUT2D eigenvalue weighted by atomic mass is 16.3. The van der Waals surface area contributed by atoms with Crippen LogP contribution in [0.15, 0.2) is 193 Å². The number of para-hydroxylation sites is 2. The minimum Gasteiger partial charge on any atom is -0.436 e. The van der Waals surface area contributed by atoms with Gasteiger partial charge in [0.15, 0.2) is 5.58 Å². The Labute approximate surface area is 295 Å². The molecule has 4 heteroatoms. The molecule has 0 saturated heterocycles. The lowest BCUT2D eigenvalue weighted by Gasteiger charge is -2.37. The van der Waals surface area contributed by atoms with Crippen LogP contribution in [0.25, 0.3) is 60.8 Å². The van der Waals surface area contributed by atoms with Crippen molar-refractivity contribution in [2.45, 2.75) is 12.0 Å². The van der Waals surface area contributed by atoms with Gasteiger partial charge < -0.3 is 13.9 Å². The molecule has 2 aromatic heterocycles. The summed E-state index contributed by atoms with van der Waals surface area (Å²) in [6.45, 7) is 0. The molecule has 51 heavy (non-hydrogen) atoms. The Morgan fingerprint density at radius 2 is 1.22 bits per heavy atom. The van der Waals surface area contributed by atoms with Crippen molar-refractivity contribution in [2.24, 2.45) is 0 Å². The van der Waals surface area contributed by atoms with Gasteiger partial charge >= 0.3 is 0 Å². The highest BCUT2D eigenvalue weighted by Gasteiger charge is 2.29. The van der Waals surface area contributed by atoms with Gasteiger partial charge in [-0.3, -0.25) is 0 Å². The molecular formula is C47H33N3O. The van der Waals surface area contributed by atoms with Gasteiger partial charge in [-0.1, -0.05) is 127 Å². The van der Waals surface area contributed by atoms with Crippen molar-refractivity contribution in [1.82, 2.24) is 9.55 Å². The van der Waals surface area contributed by atoms with Gasteiger partial charge in [-0.25, -0.2) is 4.98 Å². The Kier molecular flexibility index (Phi) is 6.91. The largest absolute Gasteiger partial charge is 0.436 e. The number of benzene rings is 7. The van der Waals surface area contributed by atoms with Crippen molar-refractivity contribution in [3.8, 4) is 17.1 Å². The van der Waals surface area contributed by atoms with E-state index in [-0.39, 0.29) is 12.0 Å². The van der Waals surface area contributed by atoms with Gasteiger partial charge in [0.1, 0.15) is 5.52 Å². The first-order chi connectivity index (χ1) is 25.3. The average molecular weight is 656 g/mol. The lowest BCUT2D eigenvalue weighted by Crippen LogP contribution is -2.35. The molecule has 10 rings (SSSR count). The zero-order valence-electron chi connectivity index (χ0n) is 27.8. The Balaban J connectivity index is 1.21. The van der Waals surface area contributed by atoms with Gasteiger partial charge in [0.05, 0.1) is 17.1 Å². The summed E-state index contributed by atoms with van der Waals surface area (Å²) in [5, 5.41) is 4.66. The average Bonchev–Trinajstić information content (AvgIpc) is 3.79. The minimum absolute atomic E-state index is 0.0123. The monoisotopic (exact) mass is 655 g/mol. The molecule has 0 spiro atoms. The van der Waals surface area contributed by atoms with E-state index in [4.69, 9.17) is 9.40 Å². The molecule has 0 radical (unpaired) electrons. The van der Waals surface area contributed by atoms with Gasteiger partial charge in [0, 0.05) is 44.7 Å². The first-order valence-corrected chi connectivity index (χ1v) is 17.5. The molecule has 0 bridgehead atoms. The normalized spacial score (nSPS) is 15.7. The number of hydrogen-bond acceptors (Lipinski definition) is 3. The fourth-order valence-electron chi connectivity index (χ4n) is 7.84. The van der Waals surface area contributed by atoms with Crippen molar-refractivity contribution < 1.29 is 4.42 Å². The molecule has 2 atom stereocenters. The minimum atomic E-state index is 0.0123. The van der Waals surface area contributed by atoms with Crippen molar-refractivity contribution in [1.29, 1.82) is 0 Å². The summed E-state index contributed by atoms with van der Waals surface area (Å²) in [5.74, 6) is 0.763. The van der Waals surface area contributed by atoms with E-state index in [1.165, 1.54) is 27.4 Å². The van der Waals surface area contributed by atoms with E-state index in [1.807, 2.05) is 36.4 Å². The molecule has 1 aliphatic rings. The molecule has 7 aromatic carbocycles. The van der Waals surface area contributed by atoms with E-state index in [0.717, 1.165) is 44.5 Å². The number of anilines is 2. The Morgan fingerprint density at radius 3 is 2.06 bits per heavy atom. The number of fused-ring (bicyclic) bond motifs is 6. The fourth-order valence-corrected chi connectivity index (χ4v) is 7.84. The third kappa shape index (κ3) is 4.95. The van der Waals surface area contributed by atoms with Crippen LogP contribution >= 0.6 is 0 Å². The van der Waals surface area contributed by atoms with Crippen molar-refractivity contribution in [3.05, 3.63) is 194 Å². The summed E-state index contributed by atoms with van der Waals surface area (Å²) in [5.41, 5.74) is 9.60. The molecule has 0 saturated carbocycles. The molecule has 242 valence electrons. The third-order valence-electron chi connectivity index (χ3n) is 10.2. The molecule has 0 fully saturated rings. The molecular weight excluding hydrogens is 623 g/mol. The topological polar surface area (TPSA) is 34.2 Å². The van der Waals surface area contributed by atoms with Crippen molar-refractivity contribution >= 4 is 55.1 Å². The maximum absolute atomic E-state index is 6.32. The summed E-state index contributed by atoms with van der Waals surface area (Å²) in [4.78, 5) is 7.56. The Bertz CT molecular complexity index is 2760. The first-order valence-electron chi connectivity index (χ1n) is 17.5. The molecule has 4 nitrogen and oxygen atoms in total. The standard InChI is InChI=1S/C47H33N3O/c1-4-14-32(15-5-1)38-20-10-12-22-42(38)49(36-26-24-33-25-29-45-46(41(33)30-36)48-47(51-45)34-16-6-2-7-17-34)37-27-28-40-39-21-11-13-23-43(39)50(44(40)31-37)35-18-8-3-9-19-35/h1-31,38,42H. The predicted octanol–water partition coefficient (Wildman–Crippen LogP) is 12.2. The number of nitrogens with zero attached hydrogens (tertiary/aromatic N) is 3. The maximum atomic E-state index is 6.32. The number of oxazole rings is 1. The fraction of sp³-hybridized carbons (Fsp3) is 0.0426. The van der Waals surface area contributed by atoms with Gasteiger partial charge in [0.2, 0.25) is 5.89 Å². The molecule has 9 aromatic rings. The number of allylic oxidation sites excluding steroid dienone is 2. The SMILES string of the molecule is C1=CC(c2ccccc2)C(N(c2ccc3ccc4oc(-c5ccccc5)nc4c3c2)c2ccc3c4ccccc4n(-c4ccccc4)c3c2)C=C1. The summed E-state index contributed by atoms with van der Waals surface area (Å²) in [7, 11) is 0. The van der Waals surface area contributed by atoms with Crippen LogP contribution in [0, 0.1) is 0 Å². The number of hydrogen-bond donors (Lipinski definition) is 0. The lowest BCUT2D eigenvalue weighted by atomic mass is 9.86. The molecule has 2 unspecified atom stereocenters. The van der Waals surface area contributed by atoms with Crippen LogP contribution in [-0.4, -0.2) is 15.6 Å². The van der Waals surface area contributed by atoms with Gasteiger partial charge in [0.25, 0.3) is 0 Å². The summed E-state index contributed by atoms with van der Waals surface area (Å²) in [6, 6.07) is 58.2. The van der Waals surface area contributed by atoms with Crippen LogP contribution < -0.4 is 4.90 Å². The molecule has 2 heterocycles. The lowest BCUT2D eigenvalue weighted by molar-refractivity contribution is 0.620. The summed E-state index contributed by atoms with van der Waals surface area (Å²) >= 11 is 0. The second-order valence-corrected chi connectivity index (χ2v) is 13.2. The van der Waals surface area contributed by atoms with Crippen LogP contribution in [0.4, 0.5) is 11.4 Å². The van der Waals surface area contributed by atoms with Crippen LogP contribution in [0.3, 0.4) is 0 Å². The van der Waals surface area contributed by atoms with Gasteiger partial charge in [-0.2, -0.15) is 0 Å². The highest BCUT2D eigenvalue weighted by Crippen LogP contribution is 2.42. The smallest absolute Gasteiger partial charge is 0.227 e. The van der Waals surface area contributed by atoms with Gasteiger partial charge in [-0.15, -0.1) is 0 Å². The van der Waals surface area contributed by atoms with Crippen LogP contribution in [-0.2, 0) is 0 Å². The highest BCUT2D eigenvalue weighted by molar-refractivity contribution is 6.10. The van der Waals surface area contributed by atoms with Crippen LogP contribution in [0.1, 0.15) is 11.5 Å². The summed E-state index contributed by atoms with van der Waals surface area (Å²) < 4.78 is 8.71. The second kappa shape index (κ2) is 12.0. The van der Waals surface area contributed by atoms with E-state index in [9.17, 15) is 0 Å². The predicted molar refractivity (Wildman–Crippen MR) is 211 cm³/mol. The summed E-state index contributed by atoms with van der Waals surface area (Å²) in [6.07, 6.45) is 9.02. The van der Waals surface area contributed by atoms with Crippen molar-refractivity contribution in [2.75, 3.05) is 4.90 Å². The third-order valence-corrected chi connectivity index (χ3v) is 10.2. The zero-order valence-corrected chi connectivity index (χ0v) is 27.8. The van der Waals surface area contributed by atoms with E-state index in [0.29, 0.717) is 5.89 Å². The van der Waals surface area contributed by atoms with Crippen LogP contribution in [0.2, 0.25) is 0 Å². The van der Waals surface area contributed by atoms with Crippen LogP contribution in [0.5, 0.6) is 0 Å². The van der Waals surface area contributed by atoms with Gasteiger partial charge in [-0.05, 0) is 71.6 Å².